The van der Waals surface area contributed by atoms with E-state index in [1.807, 2.05) is 0 Å². The molecule has 2 unspecified atom stereocenters. The number of aromatic nitrogens is 4. The highest BCUT2D eigenvalue weighted by atomic mass is 32.2. The third kappa shape index (κ3) is 2.29. The van der Waals surface area contributed by atoms with E-state index in [1.165, 1.54) is 16.4 Å². The van der Waals surface area contributed by atoms with Crippen LogP contribution in [-0.4, -0.2) is 56.6 Å². The molecule has 1 aliphatic heterocycles. The predicted octanol–water partition coefficient (Wildman–Crippen LogP) is -1.54. The molecule has 2 atom stereocenters. The number of hydrogen-bond donors (Lipinski definition) is 1. The van der Waals surface area contributed by atoms with Gasteiger partial charge in [0, 0.05) is 7.05 Å². The van der Waals surface area contributed by atoms with Crippen LogP contribution in [0.25, 0.3) is 0 Å². The molecule has 0 saturated carbocycles. The maximum Gasteiger partial charge on any atom is 0.209 e. The molecule has 0 radical (unpaired) electrons. The maximum atomic E-state index is 11.2. The van der Waals surface area contributed by atoms with Crippen molar-refractivity contribution in [3.8, 4) is 0 Å². The number of nitrogens with zero attached hydrogens (tertiary/aromatic N) is 4. The molecule has 1 aromatic rings. The van der Waals surface area contributed by atoms with Crippen molar-refractivity contribution in [3.05, 3.63) is 0 Å². The number of aryl methyl sites for hydroxylation is 1. The molecule has 0 spiro atoms. The van der Waals surface area contributed by atoms with Crippen molar-refractivity contribution in [1.29, 1.82) is 0 Å². The third-order valence-electron chi connectivity index (χ3n) is 2.11. The van der Waals surface area contributed by atoms with Gasteiger partial charge in [-0.3, -0.25) is 0 Å². The maximum absolute atomic E-state index is 11.2. The van der Waals surface area contributed by atoms with Gasteiger partial charge in [0.1, 0.15) is 0 Å². The zero-order chi connectivity index (χ0) is 11.1. The summed E-state index contributed by atoms with van der Waals surface area (Å²) in [7, 11) is -1.44. The first-order valence-corrected chi connectivity index (χ1v) is 6.95. The molecule has 1 aliphatic rings. The summed E-state index contributed by atoms with van der Waals surface area (Å²) in [6, 6.07) is 0. The van der Waals surface area contributed by atoms with Gasteiger partial charge in [-0.1, -0.05) is 11.8 Å². The number of tetrazole rings is 1. The molecule has 2 heterocycles. The molecule has 7 nitrogen and oxygen atoms in total. The summed E-state index contributed by atoms with van der Waals surface area (Å²) in [5.74, 6) is -0.193. The van der Waals surface area contributed by atoms with E-state index in [-0.39, 0.29) is 16.8 Å². The van der Waals surface area contributed by atoms with Crippen molar-refractivity contribution < 1.29 is 13.5 Å². The molecule has 0 aromatic carbocycles. The van der Waals surface area contributed by atoms with Crippen LogP contribution >= 0.6 is 11.8 Å². The Morgan fingerprint density at radius 3 is 2.73 bits per heavy atom. The number of aliphatic hydroxyl groups excluding tert-OH is 1. The topological polar surface area (TPSA) is 98.0 Å². The van der Waals surface area contributed by atoms with Crippen LogP contribution in [0.3, 0.4) is 0 Å². The van der Waals surface area contributed by atoms with Gasteiger partial charge in [0.2, 0.25) is 5.16 Å². The molecule has 0 amide bonds. The molecule has 0 bridgehead atoms. The second-order valence-corrected chi connectivity index (χ2v) is 6.75. The number of rotatable bonds is 2. The van der Waals surface area contributed by atoms with Gasteiger partial charge < -0.3 is 5.11 Å². The third-order valence-corrected chi connectivity index (χ3v) is 5.38. The Bertz CT molecular complexity index is 457. The SMILES string of the molecule is Cn1nnnc1SC1CS(=O)(=O)CC1O. The molecule has 1 N–H and O–H groups in total. The Kier molecular flexibility index (Phi) is 2.69. The van der Waals surface area contributed by atoms with Crippen molar-refractivity contribution in [2.75, 3.05) is 11.5 Å². The van der Waals surface area contributed by atoms with Crippen LogP contribution in [-0.2, 0) is 16.9 Å². The van der Waals surface area contributed by atoms with Crippen LogP contribution in [0.5, 0.6) is 0 Å². The molecular weight excluding hydrogens is 240 g/mol. The summed E-state index contributed by atoms with van der Waals surface area (Å²) in [5, 5.41) is 20.5. The van der Waals surface area contributed by atoms with Crippen LogP contribution in [0, 0.1) is 0 Å². The summed E-state index contributed by atoms with van der Waals surface area (Å²) < 4.78 is 23.9. The lowest BCUT2D eigenvalue weighted by atomic mass is 10.3. The minimum atomic E-state index is -3.11. The molecule has 9 heteroatoms. The smallest absolute Gasteiger partial charge is 0.209 e. The Morgan fingerprint density at radius 1 is 1.53 bits per heavy atom. The average molecular weight is 250 g/mol. The van der Waals surface area contributed by atoms with Crippen LogP contribution in [0.4, 0.5) is 0 Å². The van der Waals surface area contributed by atoms with Gasteiger partial charge in [0.15, 0.2) is 9.84 Å². The van der Waals surface area contributed by atoms with E-state index in [9.17, 15) is 13.5 Å². The van der Waals surface area contributed by atoms with E-state index in [1.54, 1.807) is 7.05 Å². The van der Waals surface area contributed by atoms with Gasteiger partial charge in [0.05, 0.1) is 22.9 Å². The van der Waals surface area contributed by atoms with Gasteiger partial charge in [-0.15, -0.1) is 5.10 Å². The zero-order valence-electron chi connectivity index (χ0n) is 7.94. The monoisotopic (exact) mass is 250 g/mol. The van der Waals surface area contributed by atoms with Gasteiger partial charge in [-0.05, 0) is 10.4 Å². The van der Waals surface area contributed by atoms with E-state index in [0.717, 1.165) is 0 Å². The van der Waals surface area contributed by atoms with Crippen molar-refractivity contribution in [2.24, 2.45) is 7.05 Å². The van der Waals surface area contributed by atoms with Crippen LogP contribution < -0.4 is 0 Å². The lowest BCUT2D eigenvalue weighted by Crippen LogP contribution is -2.20. The zero-order valence-corrected chi connectivity index (χ0v) is 9.57. The number of thioether (sulfide) groups is 1. The quantitative estimate of drug-likeness (QED) is 0.679. The average Bonchev–Trinajstić information content (AvgIpc) is 2.59. The Balaban J connectivity index is 2.11. The summed E-state index contributed by atoms with van der Waals surface area (Å²) in [5.41, 5.74) is 0. The molecule has 1 fully saturated rings. The Labute approximate surface area is 90.8 Å². The van der Waals surface area contributed by atoms with Crippen molar-refractivity contribution in [2.45, 2.75) is 16.5 Å². The second kappa shape index (κ2) is 3.72. The summed E-state index contributed by atoms with van der Waals surface area (Å²) in [6.45, 7) is 0. The lowest BCUT2D eigenvalue weighted by molar-refractivity contribution is 0.207. The van der Waals surface area contributed by atoms with E-state index >= 15 is 0 Å². The predicted molar refractivity (Wildman–Crippen MR) is 53.1 cm³/mol. The Morgan fingerprint density at radius 2 is 2.27 bits per heavy atom. The van der Waals surface area contributed by atoms with Gasteiger partial charge in [0.25, 0.3) is 0 Å². The van der Waals surface area contributed by atoms with Gasteiger partial charge >= 0.3 is 0 Å². The fourth-order valence-corrected chi connectivity index (χ4v) is 4.79. The fraction of sp³-hybridized carbons (Fsp3) is 0.833. The fourth-order valence-electron chi connectivity index (χ4n) is 1.37. The van der Waals surface area contributed by atoms with Crippen LogP contribution in [0.15, 0.2) is 5.16 Å². The normalized spacial score (nSPS) is 29.5. The first kappa shape index (κ1) is 10.8. The largest absolute Gasteiger partial charge is 0.391 e. The Hall–Kier alpha value is -0.670. The minimum absolute atomic E-state index is 0.0221. The lowest BCUT2D eigenvalue weighted by Gasteiger charge is -2.09. The van der Waals surface area contributed by atoms with E-state index in [0.29, 0.717) is 5.16 Å². The minimum Gasteiger partial charge on any atom is -0.391 e. The van der Waals surface area contributed by atoms with Gasteiger partial charge in [-0.25, -0.2) is 13.1 Å². The number of sulfone groups is 1. The molecule has 1 aromatic heterocycles. The van der Waals surface area contributed by atoms with Gasteiger partial charge in [-0.2, -0.15) is 0 Å². The molecule has 0 aliphatic carbocycles. The van der Waals surface area contributed by atoms with Crippen molar-refractivity contribution >= 4 is 21.6 Å². The summed E-state index contributed by atoms with van der Waals surface area (Å²) in [4.78, 5) is 0. The molecule has 2 rings (SSSR count). The van der Waals surface area contributed by atoms with Crippen molar-refractivity contribution in [3.63, 3.8) is 0 Å². The molecule has 1 saturated heterocycles. The summed E-state index contributed by atoms with van der Waals surface area (Å²) >= 11 is 1.19. The standard InChI is InChI=1S/C6H10N4O3S2/c1-10-6(7-8-9-10)14-5-3-15(12,13)2-4(5)11/h4-5,11H,2-3H2,1H3. The molecular formula is C6H10N4O3S2. The molecule has 84 valence electrons. The highest BCUT2D eigenvalue weighted by Gasteiger charge is 2.37. The van der Waals surface area contributed by atoms with Crippen molar-refractivity contribution in [1.82, 2.24) is 20.2 Å². The van der Waals surface area contributed by atoms with E-state index in [4.69, 9.17) is 0 Å². The second-order valence-electron chi connectivity index (χ2n) is 3.39. The van der Waals surface area contributed by atoms with Crippen LogP contribution in [0.1, 0.15) is 0 Å². The number of hydrogen-bond acceptors (Lipinski definition) is 7. The van der Waals surface area contributed by atoms with E-state index < -0.39 is 15.9 Å². The first-order valence-electron chi connectivity index (χ1n) is 4.25. The highest BCUT2D eigenvalue weighted by Crippen LogP contribution is 2.29. The highest BCUT2D eigenvalue weighted by molar-refractivity contribution is 8.01. The summed E-state index contributed by atoms with van der Waals surface area (Å²) in [6.07, 6.45) is -0.836. The van der Waals surface area contributed by atoms with E-state index in [2.05, 4.69) is 15.5 Å². The van der Waals surface area contributed by atoms with Crippen LogP contribution in [0.2, 0.25) is 0 Å². The molecule has 15 heavy (non-hydrogen) atoms. The number of aliphatic hydroxyl groups is 1. The first-order chi connectivity index (χ1) is 6.98.